The molecule has 0 spiro atoms. The monoisotopic (exact) mass is 433 g/mol. The fraction of sp³-hybridized carbons (Fsp3) is 0.208. The summed E-state index contributed by atoms with van der Waals surface area (Å²) in [6, 6.07) is 15.3. The van der Waals surface area contributed by atoms with Crippen molar-refractivity contribution in [2.24, 2.45) is 0 Å². The van der Waals surface area contributed by atoms with Crippen LogP contribution in [0, 0.1) is 12.7 Å². The minimum atomic E-state index is -0.436. The molecule has 32 heavy (non-hydrogen) atoms. The third-order valence-electron chi connectivity index (χ3n) is 5.39. The van der Waals surface area contributed by atoms with E-state index < -0.39 is 5.82 Å². The summed E-state index contributed by atoms with van der Waals surface area (Å²) in [5.41, 5.74) is 1.64. The number of hydrogen-bond acceptors (Lipinski definition) is 6. The van der Waals surface area contributed by atoms with Crippen LogP contribution in [0.15, 0.2) is 59.1 Å². The molecule has 2 aromatic carbocycles. The third kappa shape index (κ3) is 3.53. The van der Waals surface area contributed by atoms with Crippen LogP contribution < -0.4 is 9.47 Å². The zero-order valence-electron chi connectivity index (χ0n) is 17.5. The fourth-order valence-electron chi connectivity index (χ4n) is 3.82. The highest BCUT2D eigenvalue weighted by Crippen LogP contribution is 2.32. The van der Waals surface area contributed by atoms with Gasteiger partial charge in [0.1, 0.15) is 12.4 Å². The number of nitrogens with zero attached hydrogens (tertiary/aromatic N) is 3. The van der Waals surface area contributed by atoms with Gasteiger partial charge in [0.2, 0.25) is 0 Å². The van der Waals surface area contributed by atoms with Crippen molar-refractivity contribution in [2.45, 2.75) is 13.0 Å². The Hall–Kier alpha value is -3.94. The van der Waals surface area contributed by atoms with E-state index in [0.717, 1.165) is 0 Å². The molecule has 4 aromatic rings. The Bertz CT molecular complexity index is 1320. The molecule has 8 heteroatoms. The van der Waals surface area contributed by atoms with Crippen molar-refractivity contribution in [3.8, 4) is 22.8 Å². The molecule has 3 heterocycles. The lowest BCUT2D eigenvalue weighted by Gasteiger charge is -2.29. The van der Waals surface area contributed by atoms with Crippen LogP contribution in [0.2, 0.25) is 0 Å². The number of aryl methyl sites for hydroxylation is 1. The van der Waals surface area contributed by atoms with E-state index >= 15 is 0 Å². The lowest BCUT2D eigenvalue weighted by atomic mass is 10.0. The molecule has 1 unspecified atom stereocenters. The van der Waals surface area contributed by atoms with E-state index in [4.69, 9.17) is 14.0 Å². The molecule has 5 rings (SSSR count). The van der Waals surface area contributed by atoms with Crippen LogP contribution in [0.5, 0.6) is 11.5 Å². The molecule has 1 aliphatic rings. The Morgan fingerprint density at radius 1 is 1.16 bits per heavy atom. The number of amides is 1. The quantitative estimate of drug-likeness (QED) is 0.479. The summed E-state index contributed by atoms with van der Waals surface area (Å²) in [5.74, 6) is 0.619. The summed E-state index contributed by atoms with van der Waals surface area (Å²) in [7, 11) is 1.68. The van der Waals surface area contributed by atoms with Gasteiger partial charge in [0.15, 0.2) is 17.6 Å². The second-order valence-electron chi connectivity index (χ2n) is 7.67. The van der Waals surface area contributed by atoms with Crippen LogP contribution in [-0.2, 0) is 0 Å². The number of rotatable bonds is 4. The molecular formula is C24H20FN3O4. The molecule has 0 aliphatic carbocycles. The maximum Gasteiger partial charge on any atom is 0.259 e. The molecular weight excluding hydrogens is 413 g/mol. The van der Waals surface area contributed by atoms with Gasteiger partial charge in [-0.1, -0.05) is 29.4 Å². The highest BCUT2D eigenvalue weighted by Gasteiger charge is 2.27. The largest absolute Gasteiger partial charge is 0.486 e. The summed E-state index contributed by atoms with van der Waals surface area (Å²) in [5, 5.41) is 4.46. The predicted octanol–water partition coefficient (Wildman–Crippen LogP) is 4.25. The Labute approximate surface area is 183 Å². The summed E-state index contributed by atoms with van der Waals surface area (Å²) in [6.45, 7) is 2.37. The molecule has 0 saturated carbocycles. The number of aromatic nitrogens is 2. The number of carbonyl (C=O) groups excluding carboxylic acids is 1. The number of carbonyl (C=O) groups is 1. The van der Waals surface area contributed by atoms with E-state index in [1.54, 1.807) is 43.1 Å². The van der Waals surface area contributed by atoms with Crippen LogP contribution in [0.1, 0.15) is 16.1 Å². The second-order valence-corrected chi connectivity index (χ2v) is 7.67. The highest BCUT2D eigenvalue weighted by molar-refractivity contribution is 6.06. The number of ether oxygens (including phenoxy) is 2. The molecule has 162 valence electrons. The lowest BCUT2D eigenvalue weighted by molar-refractivity contribution is 0.0522. The summed E-state index contributed by atoms with van der Waals surface area (Å²) in [4.78, 5) is 19.4. The standard InChI is InChI=1S/C24H20FN3O4/c1-14-22-17(11-19(26-23(22)32-27-14)16-7-3-4-8-18(16)25)24(29)28(2)12-15-13-30-20-9-5-6-10-21(20)31-15/h3-11,15H,12-13H2,1-2H3. The summed E-state index contributed by atoms with van der Waals surface area (Å²) < 4.78 is 31.4. The van der Waals surface area contributed by atoms with Crippen molar-refractivity contribution >= 4 is 17.0 Å². The van der Waals surface area contributed by atoms with E-state index in [0.29, 0.717) is 47.0 Å². The first-order valence-electron chi connectivity index (χ1n) is 10.2. The molecule has 1 amide bonds. The Kier molecular flexibility index (Phi) is 4.97. The molecule has 0 bridgehead atoms. The van der Waals surface area contributed by atoms with Gasteiger partial charge in [-0.15, -0.1) is 0 Å². The SMILES string of the molecule is Cc1noc2nc(-c3ccccc3F)cc(C(=O)N(C)CC3COc4ccccc4O3)c12. The predicted molar refractivity (Wildman–Crippen MR) is 115 cm³/mol. The van der Waals surface area contributed by atoms with Crippen molar-refractivity contribution in [1.29, 1.82) is 0 Å². The van der Waals surface area contributed by atoms with E-state index in [1.807, 2.05) is 24.3 Å². The van der Waals surface area contributed by atoms with Gasteiger partial charge in [-0.2, -0.15) is 0 Å². The number of fused-ring (bicyclic) bond motifs is 2. The number of para-hydroxylation sites is 2. The van der Waals surface area contributed by atoms with Crippen LogP contribution >= 0.6 is 0 Å². The van der Waals surface area contributed by atoms with E-state index in [-0.39, 0.29) is 23.3 Å². The van der Waals surface area contributed by atoms with Gasteiger partial charge in [-0.05, 0) is 37.3 Å². The second kappa shape index (κ2) is 7.96. The van der Waals surface area contributed by atoms with Crippen molar-refractivity contribution in [1.82, 2.24) is 15.0 Å². The maximum absolute atomic E-state index is 14.4. The number of benzene rings is 2. The summed E-state index contributed by atoms with van der Waals surface area (Å²) in [6.07, 6.45) is -0.328. The molecule has 0 fully saturated rings. The third-order valence-corrected chi connectivity index (χ3v) is 5.39. The van der Waals surface area contributed by atoms with Crippen LogP contribution in [0.4, 0.5) is 4.39 Å². The van der Waals surface area contributed by atoms with Crippen LogP contribution in [0.3, 0.4) is 0 Å². The number of likely N-dealkylation sites (N-methyl/N-ethyl adjacent to an activating group) is 1. The molecule has 1 atom stereocenters. The van der Waals surface area contributed by atoms with Gasteiger partial charge < -0.3 is 18.9 Å². The molecule has 0 N–H and O–H groups in total. The van der Waals surface area contributed by atoms with Crippen molar-refractivity contribution in [2.75, 3.05) is 20.2 Å². The minimum absolute atomic E-state index is 0.186. The lowest BCUT2D eigenvalue weighted by Crippen LogP contribution is -2.41. The first-order chi connectivity index (χ1) is 15.5. The summed E-state index contributed by atoms with van der Waals surface area (Å²) >= 11 is 0. The zero-order valence-corrected chi connectivity index (χ0v) is 17.5. The van der Waals surface area contributed by atoms with Gasteiger partial charge in [-0.25, -0.2) is 9.37 Å². The molecule has 0 saturated heterocycles. The normalized spacial score (nSPS) is 15.0. The van der Waals surface area contributed by atoms with Crippen molar-refractivity contribution < 1.29 is 23.2 Å². The number of pyridine rings is 1. The van der Waals surface area contributed by atoms with E-state index in [2.05, 4.69) is 10.1 Å². The average molecular weight is 433 g/mol. The average Bonchev–Trinajstić information content (AvgIpc) is 3.19. The Balaban J connectivity index is 1.46. The maximum atomic E-state index is 14.4. The highest BCUT2D eigenvalue weighted by atomic mass is 19.1. The van der Waals surface area contributed by atoms with Gasteiger partial charge in [0, 0.05) is 12.6 Å². The van der Waals surface area contributed by atoms with Gasteiger partial charge in [0.05, 0.1) is 28.9 Å². The van der Waals surface area contributed by atoms with Gasteiger partial charge in [0.25, 0.3) is 11.6 Å². The first kappa shape index (κ1) is 20.0. The topological polar surface area (TPSA) is 77.7 Å². The smallest absolute Gasteiger partial charge is 0.259 e. The first-order valence-corrected chi connectivity index (χ1v) is 10.2. The molecule has 1 aliphatic heterocycles. The molecule has 0 radical (unpaired) electrons. The van der Waals surface area contributed by atoms with Crippen LogP contribution in [-0.4, -0.2) is 47.3 Å². The minimum Gasteiger partial charge on any atom is -0.486 e. The number of halogens is 1. The molecule has 7 nitrogen and oxygen atoms in total. The number of hydrogen-bond donors (Lipinski definition) is 0. The van der Waals surface area contributed by atoms with Gasteiger partial charge in [-0.3, -0.25) is 4.79 Å². The Morgan fingerprint density at radius 3 is 2.72 bits per heavy atom. The van der Waals surface area contributed by atoms with Crippen molar-refractivity contribution in [3.63, 3.8) is 0 Å². The zero-order chi connectivity index (χ0) is 22.2. The van der Waals surface area contributed by atoms with Gasteiger partial charge >= 0.3 is 0 Å². The molecule has 2 aromatic heterocycles. The Morgan fingerprint density at radius 2 is 1.91 bits per heavy atom. The van der Waals surface area contributed by atoms with E-state index in [1.165, 1.54) is 6.07 Å². The van der Waals surface area contributed by atoms with E-state index in [9.17, 15) is 9.18 Å². The van der Waals surface area contributed by atoms with Crippen molar-refractivity contribution in [3.05, 3.63) is 71.7 Å². The van der Waals surface area contributed by atoms with Crippen LogP contribution in [0.25, 0.3) is 22.4 Å². The fourth-order valence-corrected chi connectivity index (χ4v) is 3.82.